The van der Waals surface area contributed by atoms with Crippen LogP contribution in [0.15, 0.2) is 42.5 Å². The van der Waals surface area contributed by atoms with Gasteiger partial charge < -0.3 is 15.0 Å². The highest BCUT2D eigenvalue weighted by Gasteiger charge is 2.34. The highest BCUT2D eigenvalue weighted by atomic mass is 35.5. The molecule has 0 atom stereocenters. The molecule has 1 aliphatic rings. The third kappa shape index (κ3) is 4.68. The Morgan fingerprint density at radius 3 is 2.42 bits per heavy atom. The third-order valence-corrected chi connectivity index (χ3v) is 4.42. The maximum Gasteiger partial charge on any atom is 0.265 e. The number of rotatable bonds is 6. The molecule has 26 heavy (non-hydrogen) atoms. The first-order valence-corrected chi connectivity index (χ1v) is 8.97. The van der Waals surface area contributed by atoms with Crippen LogP contribution in [0.4, 0.5) is 11.4 Å². The first-order chi connectivity index (χ1) is 12.4. The van der Waals surface area contributed by atoms with E-state index < -0.39 is 0 Å². The largest absolute Gasteiger partial charge is 0.482 e. The van der Waals surface area contributed by atoms with Gasteiger partial charge in [0.25, 0.3) is 5.91 Å². The van der Waals surface area contributed by atoms with E-state index in [0.29, 0.717) is 21.5 Å². The smallest absolute Gasteiger partial charge is 0.265 e. The molecule has 1 saturated carbocycles. The Morgan fingerprint density at radius 1 is 1.15 bits per heavy atom. The molecule has 7 heteroatoms. The molecule has 2 aromatic carbocycles. The van der Waals surface area contributed by atoms with Gasteiger partial charge in [-0.2, -0.15) is 0 Å². The van der Waals surface area contributed by atoms with Crippen molar-refractivity contribution >= 4 is 46.4 Å². The molecular formula is C19H18Cl2N2O3. The second-order valence-corrected chi connectivity index (χ2v) is 6.93. The number of anilines is 2. The highest BCUT2D eigenvalue weighted by Crippen LogP contribution is 2.33. The summed E-state index contributed by atoms with van der Waals surface area (Å²) in [6.45, 7) is 1.33. The summed E-state index contributed by atoms with van der Waals surface area (Å²) in [4.78, 5) is 25.6. The van der Waals surface area contributed by atoms with Crippen molar-refractivity contribution in [1.82, 2.24) is 0 Å². The summed E-state index contributed by atoms with van der Waals surface area (Å²) in [6.07, 6.45) is 1.92. The van der Waals surface area contributed by atoms with Crippen LogP contribution >= 0.6 is 23.2 Å². The number of nitrogens with one attached hydrogen (secondary N) is 1. The molecular weight excluding hydrogens is 375 g/mol. The van der Waals surface area contributed by atoms with Crippen LogP contribution in [-0.4, -0.2) is 24.5 Å². The monoisotopic (exact) mass is 392 g/mol. The first kappa shape index (κ1) is 18.5. The number of nitrogens with zero attached hydrogens (tertiary/aromatic N) is 1. The van der Waals surface area contributed by atoms with Gasteiger partial charge in [0, 0.05) is 29.4 Å². The predicted molar refractivity (Wildman–Crippen MR) is 103 cm³/mol. The molecule has 5 nitrogen and oxygen atoms in total. The molecule has 0 aromatic heterocycles. The Balaban J connectivity index is 1.69. The van der Waals surface area contributed by atoms with Crippen LogP contribution in [0.1, 0.15) is 19.8 Å². The number of amides is 2. The van der Waals surface area contributed by atoms with Crippen LogP contribution in [-0.2, 0) is 9.59 Å². The van der Waals surface area contributed by atoms with Crippen LogP contribution < -0.4 is 15.0 Å². The molecule has 0 bridgehead atoms. The predicted octanol–water partition coefficient (Wildman–Crippen LogP) is 4.53. The maximum atomic E-state index is 12.7. The van der Waals surface area contributed by atoms with Gasteiger partial charge in [-0.05, 0) is 55.3 Å². The molecule has 0 saturated heterocycles. The molecule has 0 unspecified atom stereocenters. The topological polar surface area (TPSA) is 58.6 Å². The lowest BCUT2D eigenvalue weighted by Gasteiger charge is -2.23. The number of ether oxygens (including phenoxy) is 1. The average molecular weight is 393 g/mol. The molecule has 2 aromatic rings. The van der Waals surface area contributed by atoms with E-state index in [1.807, 2.05) is 12.1 Å². The number of carbonyl (C=O) groups is 2. The Labute approximate surface area is 161 Å². The standard InChI is InChI=1S/C19H18Cl2N2O3/c1-12(24)22-14-3-5-15(6-4-14)23(16-7-8-16)19(25)11-26-18-9-2-13(20)10-17(18)21/h2-6,9-10,16H,7-8,11H2,1H3,(H,22,24). The van der Waals surface area contributed by atoms with Gasteiger partial charge in [0.15, 0.2) is 6.61 Å². The summed E-state index contributed by atoms with van der Waals surface area (Å²) in [5.41, 5.74) is 1.46. The Hall–Kier alpha value is -2.24. The quantitative estimate of drug-likeness (QED) is 0.785. The zero-order chi connectivity index (χ0) is 18.7. The van der Waals surface area contributed by atoms with Gasteiger partial charge in [0.1, 0.15) is 5.75 Å². The van der Waals surface area contributed by atoms with Crippen LogP contribution in [0, 0.1) is 0 Å². The maximum absolute atomic E-state index is 12.7. The number of halogens is 2. The van der Waals surface area contributed by atoms with Crippen molar-refractivity contribution in [1.29, 1.82) is 0 Å². The molecule has 3 rings (SSSR count). The summed E-state index contributed by atoms with van der Waals surface area (Å²) < 4.78 is 5.57. The van der Waals surface area contributed by atoms with Gasteiger partial charge in [0.05, 0.1) is 5.02 Å². The van der Waals surface area contributed by atoms with Gasteiger partial charge in [-0.1, -0.05) is 23.2 Å². The van der Waals surface area contributed by atoms with E-state index in [9.17, 15) is 9.59 Å². The van der Waals surface area contributed by atoms with Gasteiger partial charge in [0.2, 0.25) is 5.91 Å². The molecule has 1 fully saturated rings. The molecule has 0 aliphatic heterocycles. The number of hydrogen-bond donors (Lipinski definition) is 1. The lowest BCUT2D eigenvalue weighted by molar-refractivity contribution is -0.120. The van der Waals surface area contributed by atoms with Gasteiger partial charge in [-0.15, -0.1) is 0 Å². The van der Waals surface area contributed by atoms with E-state index >= 15 is 0 Å². The van der Waals surface area contributed by atoms with Crippen LogP contribution in [0.5, 0.6) is 5.75 Å². The minimum absolute atomic E-state index is 0.120. The van der Waals surface area contributed by atoms with Gasteiger partial charge >= 0.3 is 0 Å². The second-order valence-electron chi connectivity index (χ2n) is 6.09. The first-order valence-electron chi connectivity index (χ1n) is 8.21. The summed E-state index contributed by atoms with van der Waals surface area (Å²) in [7, 11) is 0. The molecule has 0 radical (unpaired) electrons. The molecule has 0 heterocycles. The van der Waals surface area contributed by atoms with Crippen LogP contribution in [0.2, 0.25) is 10.0 Å². The second kappa shape index (κ2) is 7.98. The summed E-state index contributed by atoms with van der Waals surface area (Å²) in [6, 6.07) is 12.2. The zero-order valence-corrected chi connectivity index (χ0v) is 15.7. The third-order valence-electron chi connectivity index (χ3n) is 3.89. The SMILES string of the molecule is CC(=O)Nc1ccc(N(C(=O)COc2ccc(Cl)cc2Cl)C2CC2)cc1. The fourth-order valence-corrected chi connectivity index (χ4v) is 3.06. The van der Waals surface area contributed by atoms with Crippen LogP contribution in [0.3, 0.4) is 0 Å². The fraction of sp³-hybridized carbons (Fsp3) is 0.263. The van der Waals surface area contributed by atoms with Crippen molar-refractivity contribution in [3.63, 3.8) is 0 Å². The summed E-state index contributed by atoms with van der Waals surface area (Å²) in [5.74, 6) is 0.132. The lowest BCUT2D eigenvalue weighted by atomic mass is 10.2. The minimum atomic E-state index is -0.147. The molecule has 2 amide bonds. The van der Waals surface area contributed by atoms with E-state index in [1.165, 1.54) is 6.92 Å². The Morgan fingerprint density at radius 2 is 1.85 bits per heavy atom. The fourth-order valence-electron chi connectivity index (χ4n) is 2.60. The van der Waals surface area contributed by atoms with E-state index in [1.54, 1.807) is 35.2 Å². The normalized spacial score (nSPS) is 13.2. The Bertz CT molecular complexity index is 820. The van der Waals surface area contributed by atoms with Crippen molar-refractivity contribution in [3.05, 3.63) is 52.5 Å². The van der Waals surface area contributed by atoms with Crippen molar-refractivity contribution in [2.75, 3.05) is 16.8 Å². The lowest BCUT2D eigenvalue weighted by Crippen LogP contribution is -2.36. The van der Waals surface area contributed by atoms with Crippen molar-refractivity contribution in [3.8, 4) is 5.75 Å². The van der Waals surface area contributed by atoms with E-state index in [0.717, 1.165) is 18.5 Å². The van der Waals surface area contributed by atoms with Crippen molar-refractivity contribution in [2.24, 2.45) is 0 Å². The summed E-state index contributed by atoms with van der Waals surface area (Å²) in [5, 5.41) is 3.58. The number of carbonyl (C=O) groups excluding carboxylic acids is 2. The number of benzene rings is 2. The van der Waals surface area contributed by atoms with Crippen LogP contribution in [0.25, 0.3) is 0 Å². The zero-order valence-electron chi connectivity index (χ0n) is 14.2. The van der Waals surface area contributed by atoms with E-state index in [-0.39, 0.29) is 24.5 Å². The average Bonchev–Trinajstić information content (AvgIpc) is 3.40. The highest BCUT2D eigenvalue weighted by molar-refractivity contribution is 6.35. The number of hydrogen-bond acceptors (Lipinski definition) is 3. The van der Waals surface area contributed by atoms with Crippen molar-refractivity contribution in [2.45, 2.75) is 25.8 Å². The molecule has 0 spiro atoms. The van der Waals surface area contributed by atoms with Gasteiger partial charge in [-0.3, -0.25) is 9.59 Å². The van der Waals surface area contributed by atoms with E-state index in [4.69, 9.17) is 27.9 Å². The van der Waals surface area contributed by atoms with E-state index in [2.05, 4.69) is 5.32 Å². The summed E-state index contributed by atoms with van der Waals surface area (Å²) >= 11 is 11.9. The van der Waals surface area contributed by atoms with Gasteiger partial charge in [-0.25, -0.2) is 0 Å². The Kier molecular flexibility index (Phi) is 5.69. The molecule has 136 valence electrons. The molecule has 1 N–H and O–H groups in total. The molecule has 1 aliphatic carbocycles. The minimum Gasteiger partial charge on any atom is -0.482 e. The van der Waals surface area contributed by atoms with Crippen molar-refractivity contribution < 1.29 is 14.3 Å².